The number of hydrogen-bond donors (Lipinski definition) is 1. The van der Waals surface area contributed by atoms with Crippen LogP contribution in [-0.4, -0.2) is 50.0 Å². The molecule has 0 aliphatic carbocycles. The van der Waals surface area contributed by atoms with Gasteiger partial charge in [0.15, 0.2) is 0 Å². The van der Waals surface area contributed by atoms with Crippen LogP contribution in [0.25, 0.3) is 0 Å². The van der Waals surface area contributed by atoms with Crippen LogP contribution in [0.4, 0.5) is 0 Å². The van der Waals surface area contributed by atoms with Crippen LogP contribution in [0.2, 0.25) is 0 Å². The highest BCUT2D eigenvalue weighted by atomic mass is 16.5. The average Bonchev–Trinajstić information content (AvgIpc) is 2.74. The summed E-state index contributed by atoms with van der Waals surface area (Å²) in [5, 5.41) is 8.82. The minimum Gasteiger partial charge on any atom is -0.495 e. The average molecular weight is 275 g/mol. The van der Waals surface area contributed by atoms with Crippen LogP contribution < -0.4 is 4.74 Å². The van der Waals surface area contributed by atoms with Crippen molar-refractivity contribution in [2.45, 2.75) is 13.0 Å². The first-order valence-electron chi connectivity index (χ1n) is 6.90. The Morgan fingerprint density at radius 2 is 2.25 bits per heavy atom. The quantitative estimate of drug-likeness (QED) is 0.843. The Hall–Kier alpha value is -1.54. The van der Waals surface area contributed by atoms with E-state index in [1.165, 1.54) is 5.56 Å². The Balaban J connectivity index is 2.11. The zero-order valence-electron chi connectivity index (χ0n) is 11.9. The second-order valence-electron chi connectivity index (χ2n) is 4.74. The standard InChI is InChI=1S/C16H21NO3/c1-19-16-6-5-14(12-15(16)4-2-9-18)13-17-7-3-10-20-11-8-17/h5-6,12,18H,3,7-11,13H2,1H3. The van der Waals surface area contributed by atoms with E-state index >= 15 is 0 Å². The van der Waals surface area contributed by atoms with Crippen molar-refractivity contribution in [1.29, 1.82) is 0 Å². The molecule has 1 aromatic rings. The molecule has 0 saturated carbocycles. The second-order valence-corrected chi connectivity index (χ2v) is 4.74. The Bertz CT molecular complexity index is 482. The van der Waals surface area contributed by atoms with Crippen molar-refractivity contribution >= 4 is 0 Å². The number of aliphatic hydroxyl groups is 1. The molecule has 0 amide bonds. The summed E-state index contributed by atoms with van der Waals surface area (Å²) in [6, 6.07) is 6.03. The van der Waals surface area contributed by atoms with E-state index in [0.29, 0.717) is 0 Å². The maximum atomic E-state index is 8.82. The van der Waals surface area contributed by atoms with E-state index in [2.05, 4.69) is 22.8 Å². The lowest BCUT2D eigenvalue weighted by Gasteiger charge is -2.19. The number of hydrogen-bond acceptors (Lipinski definition) is 4. The number of rotatable bonds is 3. The lowest BCUT2D eigenvalue weighted by molar-refractivity contribution is 0.140. The maximum Gasteiger partial charge on any atom is 0.134 e. The van der Waals surface area contributed by atoms with Gasteiger partial charge in [-0.25, -0.2) is 0 Å². The van der Waals surface area contributed by atoms with Crippen molar-refractivity contribution in [3.8, 4) is 17.6 Å². The highest BCUT2D eigenvalue weighted by Gasteiger charge is 2.10. The van der Waals surface area contributed by atoms with E-state index in [-0.39, 0.29) is 6.61 Å². The van der Waals surface area contributed by atoms with E-state index in [9.17, 15) is 0 Å². The third-order valence-electron chi connectivity index (χ3n) is 3.29. The summed E-state index contributed by atoms with van der Waals surface area (Å²) in [5.74, 6) is 6.35. The summed E-state index contributed by atoms with van der Waals surface area (Å²) in [6.07, 6.45) is 1.08. The Morgan fingerprint density at radius 3 is 3.05 bits per heavy atom. The van der Waals surface area contributed by atoms with Gasteiger partial charge in [-0.3, -0.25) is 4.90 Å². The molecule has 4 nitrogen and oxygen atoms in total. The maximum absolute atomic E-state index is 8.82. The molecule has 1 aliphatic rings. The van der Waals surface area contributed by atoms with Crippen molar-refractivity contribution in [3.05, 3.63) is 29.3 Å². The lowest BCUT2D eigenvalue weighted by Crippen LogP contribution is -2.25. The first-order valence-corrected chi connectivity index (χ1v) is 6.90. The molecule has 1 heterocycles. The molecule has 20 heavy (non-hydrogen) atoms. The fourth-order valence-corrected chi connectivity index (χ4v) is 2.30. The zero-order chi connectivity index (χ0) is 14.2. The van der Waals surface area contributed by atoms with Gasteiger partial charge in [0.1, 0.15) is 12.4 Å². The molecule has 1 saturated heterocycles. The SMILES string of the molecule is COc1ccc(CN2CCCOCC2)cc1C#CCO. The van der Waals surface area contributed by atoms with Crippen LogP contribution in [0, 0.1) is 11.8 Å². The largest absolute Gasteiger partial charge is 0.495 e. The summed E-state index contributed by atoms with van der Waals surface area (Å²) in [7, 11) is 1.63. The van der Waals surface area contributed by atoms with E-state index < -0.39 is 0 Å². The van der Waals surface area contributed by atoms with Gasteiger partial charge >= 0.3 is 0 Å². The normalized spacial score (nSPS) is 16.1. The monoisotopic (exact) mass is 275 g/mol. The van der Waals surface area contributed by atoms with Crippen molar-refractivity contribution < 1.29 is 14.6 Å². The van der Waals surface area contributed by atoms with Crippen LogP contribution in [0.15, 0.2) is 18.2 Å². The Kier molecular flexibility index (Phi) is 5.87. The predicted molar refractivity (Wildman–Crippen MR) is 77.7 cm³/mol. The number of methoxy groups -OCH3 is 1. The highest BCUT2D eigenvalue weighted by Crippen LogP contribution is 2.20. The minimum atomic E-state index is -0.142. The molecule has 1 aromatic carbocycles. The highest BCUT2D eigenvalue weighted by molar-refractivity contribution is 5.48. The number of aliphatic hydroxyl groups excluding tert-OH is 1. The molecule has 1 N–H and O–H groups in total. The molecule has 1 aliphatic heterocycles. The first-order chi connectivity index (χ1) is 9.83. The molecule has 0 aromatic heterocycles. The van der Waals surface area contributed by atoms with E-state index in [4.69, 9.17) is 14.6 Å². The summed E-state index contributed by atoms with van der Waals surface area (Å²) in [4.78, 5) is 2.39. The van der Waals surface area contributed by atoms with Crippen molar-refractivity contribution in [2.75, 3.05) is 40.0 Å². The topological polar surface area (TPSA) is 41.9 Å². The number of benzene rings is 1. The predicted octanol–water partition coefficient (Wildman–Crippen LogP) is 1.26. The fourth-order valence-electron chi connectivity index (χ4n) is 2.30. The third-order valence-corrected chi connectivity index (χ3v) is 3.29. The first kappa shape index (κ1) is 14.9. The van der Waals surface area contributed by atoms with Gasteiger partial charge in [0.05, 0.1) is 19.3 Å². The molecular weight excluding hydrogens is 254 g/mol. The van der Waals surface area contributed by atoms with Gasteiger partial charge in [0.2, 0.25) is 0 Å². The van der Waals surface area contributed by atoms with Gasteiger partial charge in [-0.2, -0.15) is 0 Å². The summed E-state index contributed by atoms with van der Waals surface area (Å²) in [6.45, 7) is 4.42. The fraction of sp³-hybridized carbons (Fsp3) is 0.500. The van der Waals surface area contributed by atoms with Gasteiger partial charge in [-0.1, -0.05) is 17.9 Å². The number of ether oxygens (including phenoxy) is 2. The molecule has 4 heteroatoms. The van der Waals surface area contributed by atoms with Crippen LogP contribution in [0.3, 0.4) is 0 Å². The van der Waals surface area contributed by atoms with Gasteiger partial charge in [-0.15, -0.1) is 0 Å². The molecule has 1 fully saturated rings. The molecule has 0 unspecified atom stereocenters. The van der Waals surface area contributed by atoms with Crippen molar-refractivity contribution in [2.24, 2.45) is 0 Å². The lowest BCUT2D eigenvalue weighted by atomic mass is 10.1. The minimum absolute atomic E-state index is 0.142. The van der Waals surface area contributed by atoms with Crippen LogP contribution in [0.5, 0.6) is 5.75 Å². The second kappa shape index (κ2) is 7.91. The van der Waals surface area contributed by atoms with Gasteiger partial charge in [0, 0.05) is 26.2 Å². The van der Waals surface area contributed by atoms with Gasteiger partial charge < -0.3 is 14.6 Å². The Labute approximate surface area is 120 Å². The van der Waals surface area contributed by atoms with Crippen LogP contribution in [0.1, 0.15) is 17.5 Å². The molecule has 0 radical (unpaired) electrons. The summed E-state index contributed by atoms with van der Waals surface area (Å²) < 4.78 is 10.8. The molecular formula is C16H21NO3. The third kappa shape index (κ3) is 4.24. The molecule has 0 spiro atoms. The molecule has 2 rings (SSSR count). The van der Waals surface area contributed by atoms with Gasteiger partial charge in [-0.05, 0) is 24.1 Å². The van der Waals surface area contributed by atoms with E-state index in [1.54, 1.807) is 7.11 Å². The molecule has 108 valence electrons. The zero-order valence-corrected chi connectivity index (χ0v) is 11.9. The van der Waals surface area contributed by atoms with Crippen molar-refractivity contribution in [1.82, 2.24) is 4.90 Å². The van der Waals surface area contributed by atoms with Crippen LogP contribution in [-0.2, 0) is 11.3 Å². The summed E-state index contributed by atoms with van der Waals surface area (Å²) in [5.41, 5.74) is 2.03. The van der Waals surface area contributed by atoms with Crippen molar-refractivity contribution in [3.63, 3.8) is 0 Å². The van der Waals surface area contributed by atoms with E-state index in [0.717, 1.165) is 50.6 Å². The smallest absolute Gasteiger partial charge is 0.134 e. The van der Waals surface area contributed by atoms with Gasteiger partial charge in [0.25, 0.3) is 0 Å². The number of nitrogens with zero attached hydrogens (tertiary/aromatic N) is 1. The molecule has 0 atom stereocenters. The summed E-state index contributed by atoms with van der Waals surface area (Å²) >= 11 is 0. The Morgan fingerprint density at radius 1 is 1.35 bits per heavy atom. The molecule has 0 bridgehead atoms. The van der Waals surface area contributed by atoms with Crippen LogP contribution >= 0.6 is 0 Å². The van der Waals surface area contributed by atoms with E-state index in [1.807, 2.05) is 12.1 Å².